The van der Waals surface area contributed by atoms with Crippen molar-refractivity contribution in [1.82, 2.24) is 9.55 Å². The summed E-state index contributed by atoms with van der Waals surface area (Å²) in [4.78, 5) is 24.1. The van der Waals surface area contributed by atoms with Crippen molar-refractivity contribution in [3.05, 3.63) is 16.2 Å². The smallest absolute Gasteiger partial charge is 0.327 e. The molecule has 1 aliphatic heterocycles. The Bertz CT molecular complexity index is 363. The summed E-state index contributed by atoms with van der Waals surface area (Å²) in [5, 5.41) is 3.05. The van der Waals surface area contributed by atoms with Crippen molar-refractivity contribution in [3.63, 3.8) is 0 Å². The first-order chi connectivity index (χ1) is 5.83. The number of rotatable bonds is 2. The van der Waals surface area contributed by atoms with Gasteiger partial charge in [0.2, 0.25) is 0 Å². The molecule has 2 heterocycles. The third-order valence-electron chi connectivity index (χ3n) is 1.98. The van der Waals surface area contributed by atoms with Gasteiger partial charge in [-0.3, -0.25) is 4.57 Å². The van der Waals surface area contributed by atoms with Crippen molar-refractivity contribution in [3.8, 4) is 0 Å². The maximum absolute atomic E-state index is 11.2. The first-order valence-electron chi connectivity index (χ1n) is 3.82. The number of nitrogens with zero attached hydrogens (tertiary/aromatic N) is 1. The minimum atomic E-state index is -0.209. The highest BCUT2D eigenvalue weighted by Gasteiger charge is 2.17. The number of aromatic nitrogens is 2. The fraction of sp³-hybridized carbons (Fsp3) is 0.429. The molecule has 1 aliphatic rings. The van der Waals surface area contributed by atoms with Crippen LogP contribution in [0.2, 0.25) is 0 Å². The molecule has 0 spiro atoms. The zero-order chi connectivity index (χ0) is 8.55. The van der Waals surface area contributed by atoms with Crippen LogP contribution in [0.15, 0.2) is 4.79 Å². The molecule has 5 heteroatoms. The molecule has 0 saturated carbocycles. The fourth-order valence-electron chi connectivity index (χ4n) is 1.46. The average Bonchev–Trinajstić information content (AvgIpc) is 2.56. The first-order valence-corrected chi connectivity index (χ1v) is 3.82. The van der Waals surface area contributed by atoms with Gasteiger partial charge in [0.25, 0.3) is 0 Å². The van der Waals surface area contributed by atoms with E-state index in [9.17, 15) is 9.59 Å². The maximum atomic E-state index is 11.2. The van der Waals surface area contributed by atoms with Gasteiger partial charge in [0.1, 0.15) is 12.1 Å². The van der Waals surface area contributed by atoms with Crippen LogP contribution in [0.4, 0.5) is 5.82 Å². The number of nitrogens with one attached hydrogen (secondary N) is 2. The Morgan fingerprint density at radius 3 is 3.17 bits per heavy atom. The first kappa shape index (κ1) is 7.15. The Hall–Kier alpha value is -1.52. The minimum Gasteiger partial charge on any atom is -0.369 e. The lowest BCUT2D eigenvalue weighted by atomic mass is 10.4. The van der Waals surface area contributed by atoms with Gasteiger partial charge in [0, 0.05) is 13.0 Å². The Labute approximate surface area is 68.4 Å². The lowest BCUT2D eigenvalue weighted by Gasteiger charge is -1.99. The fourth-order valence-corrected chi connectivity index (χ4v) is 1.46. The van der Waals surface area contributed by atoms with Gasteiger partial charge in [-0.25, -0.2) is 4.79 Å². The van der Waals surface area contributed by atoms with Crippen molar-refractivity contribution >= 4 is 12.1 Å². The van der Waals surface area contributed by atoms with E-state index in [1.165, 1.54) is 4.57 Å². The van der Waals surface area contributed by atoms with Crippen LogP contribution in [-0.2, 0) is 17.8 Å². The molecule has 0 amide bonds. The van der Waals surface area contributed by atoms with Crippen molar-refractivity contribution < 1.29 is 4.79 Å². The van der Waals surface area contributed by atoms with Crippen LogP contribution in [0, 0.1) is 0 Å². The largest absolute Gasteiger partial charge is 0.369 e. The van der Waals surface area contributed by atoms with Gasteiger partial charge in [0.15, 0.2) is 0 Å². The lowest BCUT2D eigenvalue weighted by Crippen LogP contribution is -2.20. The highest BCUT2D eigenvalue weighted by molar-refractivity contribution is 5.54. The molecule has 0 bridgehead atoms. The third-order valence-corrected chi connectivity index (χ3v) is 1.98. The summed E-state index contributed by atoms with van der Waals surface area (Å²) < 4.78 is 1.41. The van der Waals surface area contributed by atoms with Crippen LogP contribution in [0.5, 0.6) is 0 Å². The number of hydrogen-bond donors (Lipinski definition) is 2. The maximum Gasteiger partial charge on any atom is 0.327 e. The zero-order valence-corrected chi connectivity index (χ0v) is 6.46. The molecule has 0 atom stereocenters. The van der Waals surface area contributed by atoms with Crippen LogP contribution < -0.4 is 11.0 Å². The summed E-state index contributed by atoms with van der Waals surface area (Å²) in [6.45, 7) is 0.956. The predicted molar refractivity (Wildman–Crippen MR) is 43.3 cm³/mol. The molecule has 64 valence electrons. The number of fused-ring (bicyclic) bond motifs is 1. The van der Waals surface area contributed by atoms with E-state index in [1.807, 2.05) is 0 Å². The minimum absolute atomic E-state index is 0.123. The van der Waals surface area contributed by atoms with Crippen molar-refractivity contribution in [2.24, 2.45) is 0 Å². The number of H-pyrrole nitrogens is 1. The summed E-state index contributed by atoms with van der Waals surface area (Å²) in [6.07, 6.45) is 1.55. The Kier molecular flexibility index (Phi) is 1.49. The molecule has 0 saturated heterocycles. The second kappa shape index (κ2) is 2.51. The third kappa shape index (κ3) is 0.861. The van der Waals surface area contributed by atoms with Crippen LogP contribution in [0.1, 0.15) is 5.69 Å². The monoisotopic (exact) mass is 167 g/mol. The topological polar surface area (TPSA) is 66.9 Å². The van der Waals surface area contributed by atoms with E-state index in [2.05, 4.69) is 10.3 Å². The number of imidazole rings is 1. The standard InChI is InChI=1S/C7H9N3O2/c11-4-3-10-6-5(1-2-8-6)9-7(10)12/h4,8H,1-3H2,(H,9,12). The van der Waals surface area contributed by atoms with Crippen LogP contribution in [0.25, 0.3) is 0 Å². The van der Waals surface area contributed by atoms with E-state index in [1.54, 1.807) is 0 Å². The van der Waals surface area contributed by atoms with E-state index >= 15 is 0 Å². The molecule has 1 aromatic heterocycles. The van der Waals surface area contributed by atoms with Gasteiger partial charge < -0.3 is 15.1 Å². The summed E-state index contributed by atoms with van der Waals surface area (Å²) >= 11 is 0. The molecule has 0 radical (unpaired) electrons. The van der Waals surface area contributed by atoms with Gasteiger partial charge >= 0.3 is 5.69 Å². The van der Waals surface area contributed by atoms with Crippen LogP contribution in [0.3, 0.4) is 0 Å². The van der Waals surface area contributed by atoms with Crippen molar-refractivity contribution in [1.29, 1.82) is 0 Å². The molecule has 12 heavy (non-hydrogen) atoms. The van der Waals surface area contributed by atoms with E-state index < -0.39 is 0 Å². The molecule has 2 N–H and O–H groups in total. The SMILES string of the molecule is O=CCn1c2c([nH]c1=O)CCN2. The predicted octanol–water partition coefficient (Wildman–Crippen LogP) is -0.657. The van der Waals surface area contributed by atoms with E-state index in [0.717, 1.165) is 30.8 Å². The Morgan fingerprint density at radius 1 is 1.58 bits per heavy atom. The number of anilines is 1. The normalized spacial score (nSPS) is 14.0. The summed E-state index contributed by atoms with van der Waals surface area (Å²) in [5.74, 6) is 0.770. The Balaban J connectivity index is 2.51. The lowest BCUT2D eigenvalue weighted by molar-refractivity contribution is -0.108. The highest BCUT2D eigenvalue weighted by atomic mass is 16.1. The number of hydrogen-bond acceptors (Lipinski definition) is 3. The Morgan fingerprint density at radius 2 is 2.42 bits per heavy atom. The average molecular weight is 167 g/mol. The summed E-state index contributed by atoms with van der Waals surface area (Å²) in [5.41, 5.74) is 0.696. The molecule has 0 aliphatic carbocycles. The van der Waals surface area contributed by atoms with Gasteiger partial charge in [-0.2, -0.15) is 0 Å². The summed E-state index contributed by atoms with van der Waals surface area (Å²) in [7, 11) is 0. The second-order valence-electron chi connectivity index (χ2n) is 2.71. The molecule has 0 aromatic carbocycles. The van der Waals surface area contributed by atoms with Crippen LogP contribution in [-0.4, -0.2) is 22.4 Å². The molecule has 5 nitrogen and oxygen atoms in total. The molecular weight excluding hydrogens is 158 g/mol. The molecule has 2 rings (SSSR count). The zero-order valence-electron chi connectivity index (χ0n) is 6.46. The second-order valence-corrected chi connectivity index (χ2v) is 2.71. The number of aromatic amines is 1. The van der Waals surface area contributed by atoms with E-state index in [-0.39, 0.29) is 12.2 Å². The summed E-state index contributed by atoms with van der Waals surface area (Å²) in [6, 6.07) is 0. The van der Waals surface area contributed by atoms with Gasteiger partial charge in [-0.1, -0.05) is 0 Å². The number of aldehydes is 1. The van der Waals surface area contributed by atoms with Gasteiger partial charge in [0.05, 0.1) is 12.2 Å². The van der Waals surface area contributed by atoms with Crippen LogP contribution >= 0.6 is 0 Å². The van der Waals surface area contributed by atoms with Gasteiger partial charge in [-0.05, 0) is 0 Å². The van der Waals surface area contributed by atoms with E-state index in [0.29, 0.717) is 0 Å². The van der Waals surface area contributed by atoms with Gasteiger partial charge in [-0.15, -0.1) is 0 Å². The molecular formula is C7H9N3O2. The number of carbonyl (C=O) groups is 1. The molecule has 0 unspecified atom stereocenters. The number of carbonyl (C=O) groups excluding carboxylic acids is 1. The quantitative estimate of drug-likeness (QED) is 0.575. The van der Waals surface area contributed by atoms with E-state index in [4.69, 9.17) is 0 Å². The highest BCUT2D eigenvalue weighted by Crippen LogP contribution is 2.17. The van der Waals surface area contributed by atoms with Crippen molar-refractivity contribution in [2.75, 3.05) is 11.9 Å². The molecule has 0 fully saturated rings. The molecule has 1 aromatic rings. The van der Waals surface area contributed by atoms with Crippen molar-refractivity contribution in [2.45, 2.75) is 13.0 Å².